The summed E-state index contributed by atoms with van der Waals surface area (Å²) < 4.78 is 5.13. The Kier molecular flexibility index (Phi) is 6.28. The first kappa shape index (κ1) is 16.0. The third kappa shape index (κ3) is 4.20. The van der Waals surface area contributed by atoms with Gasteiger partial charge in [-0.1, -0.05) is 29.8 Å². The number of benzene rings is 1. The van der Waals surface area contributed by atoms with Crippen LogP contribution in [-0.4, -0.2) is 37.6 Å². The number of carbonyl (C=O) groups is 1. The molecule has 1 aromatic rings. The lowest BCUT2D eigenvalue weighted by Crippen LogP contribution is -2.35. The fourth-order valence-corrected chi connectivity index (χ4v) is 2.13. The minimum absolute atomic E-state index is 0.00952. The predicted molar refractivity (Wildman–Crippen MR) is 77.1 cm³/mol. The maximum atomic E-state index is 12.1. The second-order valence-corrected chi connectivity index (χ2v) is 4.91. The Hall–Kier alpha value is -1.10. The lowest BCUT2D eigenvalue weighted by molar-refractivity contribution is -0.134. The Morgan fingerprint density at radius 2 is 2.11 bits per heavy atom. The predicted octanol–water partition coefficient (Wildman–Crippen LogP) is 2.22. The van der Waals surface area contributed by atoms with Crippen molar-refractivity contribution in [1.29, 1.82) is 0 Å². The molecule has 1 rings (SSSR count). The largest absolute Gasteiger partial charge is 0.380 e. The molecule has 106 valence electrons. The van der Waals surface area contributed by atoms with Gasteiger partial charge >= 0.3 is 0 Å². The van der Waals surface area contributed by atoms with Crippen LogP contribution in [-0.2, 0) is 9.53 Å². The maximum Gasteiger partial charge on any atom is 0.225 e. The van der Waals surface area contributed by atoms with E-state index in [1.807, 2.05) is 31.2 Å². The summed E-state index contributed by atoms with van der Waals surface area (Å²) in [6.07, 6.45) is 0.0339. The molecule has 0 bridgehead atoms. The second kappa shape index (κ2) is 7.48. The van der Waals surface area contributed by atoms with E-state index >= 15 is 0 Å². The molecule has 1 aromatic carbocycles. The number of methoxy groups -OCH3 is 1. The number of hydrogen-bond acceptors (Lipinski definition) is 3. The monoisotopic (exact) mass is 284 g/mol. The first-order valence-corrected chi connectivity index (χ1v) is 6.62. The molecule has 2 atom stereocenters. The average molecular weight is 285 g/mol. The van der Waals surface area contributed by atoms with Crippen LogP contribution in [0.4, 0.5) is 0 Å². The van der Waals surface area contributed by atoms with Crippen LogP contribution in [0.5, 0.6) is 0 Å². The third-order valence-electron chi connectivity index (χ3n) is 3.33. The zero-order valence-electron chi connectivity index (χ0n) is 11.6. The molecule has 2 N–H and O–H groups in total. The number of halogens is 1. The Morgan fingerprint density at radius 3 is 2.63 bits per heavy atom. The summed E-state index contributed by atoms with van der Waals surface area (Å²) in [6, 6.07) is 7.44. The molecule has 4 nitrogen and oxygen atoms in total. The molecule has 0 spiro atoms. The maximum absolute atomic E-state index is 12.1. The van der Waals surface area contributed by atoms with Crippen molar-refractivity contribution in [3.05, 3.63) is 34.9 Å². The fourth-order valence-electron chi connectivity index (χ4n) is 1.84. The number of carbonyl (C=O) groups excluding carboxylic acids is 1. The minimum atomic E-state index is -0.242. The van der Waals surface area contributed by atoms with Gasteiger partial charge in [0.15, 0.2) is 0 Å². The van der Waals surface area contributed by atoms with Gasteiger partial charge in [-0.2, -0.15) is 0 Å². The summed E-state index contributed by atoms with van der Waals surface area (Å²) in [5.74, 6) is -0.00952. The molecule has 0 aliphatic heterocycles. The number of hydrogen-bond donors (Lipinski definition) is 1. The van der Waals surface area contributed by atoms with Crippen LogP contribution >= 0.6 is 11.6 Å². The Bertz CT molecular complexity index is 422. The van der Waals surface area contributed by atoms with Crippen LogP contribution in [0.3, 0.4) is 0 Å². The number of ether oxygens (including phenoxy) is 1. The third-order valence-corrected chi connectivity index (χ3v) is 3.67. The van der Waals surface area contributed by atoms with Gasteiger partial charge in [-0.05, 0) is 18.6 Å². The normalized spacial score (nSPS) is 13.9. The molecule has 0 radical (unpaired) electrons. The second-order valence-electron chi connectivity index (χ2n) is 4.50. The summed E-state index contributed by atoms with van der Waals surface area (Å²) in [6.45, 7) is 2.28. The van der Waals surface area contributed by atoms with Crippen molar-refractivity contribution in [2.45, 2.75) is 25.5 Å². The van der Waals surface area contributed by atoms with Crippen LogP contribution in [0, 0.1) is 0 Å². The standard InChI is InChI=1S/C14H21ClN2O2/c1-10(12-6-4-5-7-13(12)15)17(2)14(18)8-11(9-16)19-3/h4-7,10-11H,8-9,16H2,1-3H3. The molecular weight excluding hydrogens is 264 g/mol. The highest BCUT2D eigenvalue weighted by atomic mass is 35.5. The lowest BCUT2D eigenvalue weighted by atomic mass is 10.1. The number of nitrogens with two attached hydrogens (primary N) is 1. The van der Waals surface area contributed by atoms with Crippen molar-refractivity contribution in [3.8, 4) is 0 Å². The van der Waals surface area contributed by atoms with Gasteiger partial charge in [-0.15, -0.1) is 0 Å². The average Bonchev–Trinajstić information content (AvgIpc) is 2.43. The molecule has 0 aliphatic carbocycles. The van der Waals surface area contributed by atoms with Crippen molar-refractivity contribution < 1.29 is 9.53 Å². The number of rotatable bonds is 6. The summed E-state index contributed by atoms with van der Waals surface area (Å²) in [5.41, 5.74) is 6.46. The highest BCUT2D eigenvalue weighted by Crippen LogP contribution is 2.26. The molecule has 0 aliphatic rings. The van der Waals surface area contributed by atoms with Gasteiger partial charge in [0, 0.05) is 25.7 Å². The van der Waals surface area contributed by atoms with Gasteiger partial charge in [0.05, 0.1) is 18.6 Å². The molecule has 2 unspecified atom stereocenters. The SMILES string of the molecule is COC(CN)CC(=O)N(C)C(C)c1ccccc1Cl. The molecule has 1 amide bonds. The quantitative estimate of drug-likeness (QED) is 0.871. The number of nitrogens with zero attached hydrogens (tertiary/aromatic N) is 1. The molecule has 0 heterocycles. The van der Waals surface area contributed by atoms with Gasteiger partial charge in [0.1, 0.15) is 0 Å². The van der Waals surface area contributed by atoms with Crippen molar-refractivity contribution in [1.82, 2.24) is 4.90 Å². The van der Waals surface area contributed by atoms with E-state index in [9.17, 15) is 4.79 Å². The van der Waals surface area contributed by atoms with E-state index in [1.165, 1.54) is 0 Å². The van der Waals surface area contributed by atoms with Crippen LogP contribution < -0.4 is 5.73 Å². The van der Waals surface area contributed by atoms with E-state index in [0.717, 1.165) is 5.56 Å². The van der Waals surface area contributed by atoms with Crippen molar-refractivity contribution in [2.75, 3.05) is 20.7 Å². The van der Waals surface area contributed by atoms with Gasteiger partial charge in [-0.25, -0.2) is 0 Å². The van der Waals surface area contributed by atoms with Crippen LogP contribution in [0.1, 0.15) is 24.9 Å². The Balaban J connectivity index is 2.74. The molecule has 0 saturated carbocycles. The van der Waals surface area contributed by atoms with Gasteiger partial charge in [0.25, 0.3) is 0 Å². The summed E-state index contributed by atoms with van der Waals surface area (Å²) in [7, 11) is 3.32. The van der Waals surface area contributed by atoms with Crippen molar-refractivity contribution >= 4 is 17.5 Å². The number of amides is 1. The highest BCUT2D eigenvalue weighted by molar-refractivity contribution is 6.31. The van der Waals surface area contributed by atoms with Crippen LogP contribution in [0.25, 0.3) is 0 Å². The summed E-state index contributed by atoms with van der Waals surface area (Å²) >= 11 is 6.15. The Morgan fingerprint density at radius 1 is 1.47 bits per heavy atom. The van der Waals surface area contributed by atoms with Gasteiger partial charge < -0.3 is 15.4 Å². The first-order chi connectivity index (χ1) is 9.01. The lowest BCUT2D eigenvalue weighted by Gasteiger charge is -2.27. The summed E-state index contributed by atoms with van der Waals surface area (Å²) in [4.78, 5) is 13.8. The molecule has 0 aromatic heterocycles. The van der Waals surface area contributed by atoms with E-state index < -0.39 is 0 Å². The summed E-state index contributed by atoms with van der Waals surface area (Å²) in [5, 5.41) is 0.664. The van der Waals surface area contributed by atoms with E-state index in [4.69, 9.17) is 22.1 Å². The van der Waals surface area contributed by atoms with E-state index in [1.54, 1.807) is 19.1 Å². The first-order valence-electron chi connectivity index (χ1n) is 6.24. The van der Waals surface area contributed by atoms with Crippen LogP contribution in [0.2, 0.25) is 5.02 Å². The van der Waals surface area contributed by atoms with E-state index in [0.29, 0.717) is 11.6 Å². The highest BCUT2D eigenvalue weighted by Gasteiger charge is 2.21. The van der Waals surface area contributed by atoms with Gasteiger partial charge in [-0.3, -0.25) is 4.79 Å². The molecule has 0 saturated heterocycles. The van der Waals surface area contributed by atoms with E-state index in [2.05, 4.69) is 0 Å². The topological polar surface area (TPSA) is 55.6 Å². The molecular formula is C14H21ClN2O2. The van der Waals surface area contributed by atoms with Gasteiger partial charge in [0.2, 0.25) is 5.91 Å². The molecule has 19 heavy (non-hydrogen) atoms. The zero-order chi connectivity index (χ0) is 14.4. The zero-order valence-corrected chi connectivity index (χ0v) is 12.4. The van der Waals surface area contributed by atoms with E-state index in [-0.39, 0.29) is 24.5 Å². The molecule has 5 heteroatoms. The van der Waals surface area contributed by atoms with Crippen LogP contribution in [0.15, 0.2) is 24.3 Å². The smallest absolute Gasteiger partial charge is 0.225 e. The van der Waals surface area contributed by atoms with Crippen molar-refractivity contribution in [2.24, 2.45) is 5.73 Å². The van der Waals surface area contributed by atoms with Crippen molar-refractivity contribution in [3.63, 3.8) is 0 Å². The molecule has 0 fully saturated rings. The minimum Gasteiger partial charge on any atom is -0.380 e. The fraction of sp³-hybridized carbons (Fsp3) is 0.500. The Labute approximate surface area is 119 Å².